The first kappa shape index (κ1) is 16.6. The second-order valence-corrected chi connectivity index (χ2v) is 7.44. The van der Waals surface area contributed by atoms with Crippen LogP contribution in [0.3, 0.4) is 0 Å². The molecule has 1 saturated carbocycles. The Morgan fingerprint density at radius 3 is 2.83 bits per heavy atom. The van der Waals surface area contributed by atoms with Gasteiger partial charge in [-0.05, 0) is 43.0 Å². The van der Waals surface area contributed by atoms with E-state index in [1.54, 1.807) is 22.2 Å². The van der Waals surface area contributed by atoms with Gasteiger partial charge in [-0.2, -0.15) is 0 Å². The third-order valence-electron chi connectivity index (χ3n) is 4.56. The number of rotatable bonds is 5. The van der Waals surface area contributed by atoms with E-state index in [-0.39, 0.29) is 5.69 Å². The van der Waals surface area contributed by atoms with Crippen LogP contribution >= 0.6 is 11.3 Å². The molecule has 2 N–H and O–H groups in total. The molecule has 0 spiro atoms. The molecule has 2 aromatic heterocycles. The second-order valence-electron chi connectivity index (χ2n) is 6.40. The van der Waals surface area contributed by atoms with Crippen LogP contribution in [-0.2, 0) is 11.3 Å². The maximum Gasteiger partial charge on any atom is 0.329 e. The highest BCUT2D eigenvalue weighted by atomic mass is 32.1. The lowest BCUT2D eigenvalue weighted by Gasteiger charge is -2.36. The van der Waals surface area contributed by atoms with Crippen molar-refractivity contribution in [2.75, 3.05) is 0 Å². The minimum absolute atomic E-state index is 0.144. The fraction of sp³-hybridized carbons (Fsp3) is 0.500. The van der Waals surface area contributed by atoms with Crippen LogP contribution in [-0.4, -0.2) is 37.5 Å². The summed E-state index contributed by atoms with van der Waals surface area (Å²) in [5.41, 5.74) is -1.05. The Kier molecular flexibility index (Phi) is 4.66. The number of carboxylic acids is 1. The van der Waals surface area contributed by atoms with E-state index in [0.717, 1.165) is 17.7 Å². The fourth-order valence-electron chi connectivity index (χ4n) is 2.97. The highest BCUT2D eigenvalue weighted by Gasteiger charge is 2.42. The number of hydrogen-bond donors (Lipinski definition) is 2. The second kappa shape index (κ2) is 6.72. The smallest absolute Gasteiger partial charge is 0.329 e. The number of carbonyl (C=O) groups excluding carboxylic acids is 1. The van der Waals surface area contributed by atoms with E-state index < -0.39 is 17.4 Å². The molecule has 0 radical (unpaired) electrons. The van der Waals surface area contributed by atoms with Crippen molar-refractivity contribution in [2.24, 2.45) is 5.92 Å². The lowest BCUT2D eigenvalue weighted by atomic mass is 9.77. The van der Waals surface area contributed by atoms with E-state index >= 15 is 0 Å². The molecule has 1 aliphatic carbocycles. The molecule has 0 bridgehead atoms. The predicted octanol–water partition coefficient (Wildman–Crippen LogP) is 2.15. The molecule has 0 atom stereocenters. The molecule has 0 unspecified atom stereocenters. The van der Waals surface area contributed by atoms with Crippen LogP contribution in [0.2, 0.25) is 0 Å². The van der Waals surface area contributed by atoms with E-state index in [4.69, 9.17) is 0 Å². The van der Waals surface area contributed by atoms with Crippen molar-refractivity contribution < 1.29 is 14.7 Å². The lowest BCUT2D eigenvalue weighted by molar-refractivity contribution is -0.146. The number of carbonyl (C=O) groups is 2. The van der Waals surface area contributed by atoms with Crippen LogP contribution in [0.15, 0.2) is 23.7 Å². The van der Waals surface area contributed by atoms with Crippen LogP contribution in [0.4, 0.5) is 0 Å². The highest BCUT2D eigenvalue weighted by molar-refractivity contribution is 7.09. The monoisotopic (exact) mass is 348 g/mol. The number of nitrogens with one attached hydrogen (secondary N) is 1. The van der Waals surface area contributed by atoms with Crippen molar-refractivity contribution in [3.63, 3.8) is 0 Å². The summed E-state index contributed by atoms with van der Waals surface area (Å²) in [5.74, 6) is -0.973. The molecule has 2 heterocycles. The van der Waals surface area contributed by atoms with Crippen molar-refractivity contribution >= 4 is 23.2 Å². The van der Waals surface area contributed by atoms with Gasteiger partial charge in [0.05, 0.1) is 12.7 Å². The molecule has 0 aromatic carbocycles. The van der Waals surface area contributed by atoms with Crippen molar-refractivity contribution in [1.82, 2.24) is 20.3 Å². The van der Waals surface area contributed by atoms with Crippen molar-refractivity contribution in [3.05, 3.63) is 34.3 Å². The van der Waals surface area contributed by atoms with Gasteiger partial charge in [-0.25, -0.2) is 9.48 Å². The van der Waals surface area contributed by atoms with Crippen molar-refractivity contribution in [1.29, 1.82) is 0 Å². The summed E-state index contributed by atoms with van der Waals surface area (Å²) in [5, 5.41) is 22.1. The lowest BCUT2D eigenvalue weighted by Crippen LogP contribution is -2.56. The molecule has 8 heteroatoms. The number of amides is 1. The topological polar surface area (TPSA) is 97.1 Å². The Hall–Kier alpha value is -2.22. The van der Waals surface area contributed by atoms with Gasteiger partial charge < -0.3 is 10.4 Å². The third kappa shape index (κ3) is 3.48. The Labute approximate surface area is 143 Å². The van der Waals surface area contributed by atoms with Crippen molar-refractivity contribution in [2.45, 2.75) is 44.7 Å². The summed E-state index contributed by atoms with van der Waals surface area (Å²) in [6, 6.07) is 3.93. The van der Waals surface area contributed by atoms with Gasteiger partial charge in [0.1, 0.15) is 5.54 Å². The van der Waals surface area contributed by atoms with Crippen LogP contribution in [0.5, 0.6) is 0 Å². The Balaban J connectivity index is 1.69. The average Bonchev–Trinajstić information content (AvgIpc) is 3.22. The Bertz CT molecular complexity index is 718. The normalized spacial score (nSPS) is 23.8. The average molecular weight is 348 g/mol. The van der Waals surface area contributed by atoms with E-state index in [9.17, 15) is 14.7 Å². The first-order chi connectivity index (χ1) is 11.5. The van der Waals surface area contributed by atoms with Crippen LogP contribution in [0.1, 0.15) is 48.0 Å². The van der Waals surface area contributed by atoms with Gasteiger partial charge in [0.15, 0.2) is 5.69 Å². The van der Waals surface area contributed by atoms with Crippen molar-refractivity contribution in [3.8, 4) is 0 Å². The Morgan fingerprint density at radius 1 is 1.46 bits per heavy atom. The quantitative estimate of drug-likeness (QED) is 0.863. The zero-order chi connectivity index (χ0) is 17.2. The molecule has 3 rings (SSSR count). The molecule has 2 aromatic rings. The van der Waals surface area contributed by atoms with Crippen LogP contribution in [0.25, 0.3) is 0 Å². The van der Waals surface area contributed by atoms with Crippen LogP contribution in [0, 0.1) is 5.92 Å². The first-order valence-electron chi connectivity index (χ1n) is 7.97. The number of aliphatic carboxylic acids is 1. The van der Waals surface area contributed by atoms with E-state index in [1.165, 1.54) is 0 Å². The van der Waals surface area contributed by atoms with E-state index in [0.29, 0.717) is 25.3 Å². The molecule has 1 aliphatic rings. The predicted molar refractivity (Wildman–Crippen MR) is 88.9 cm³/mol. The Morgan fingerprint density at radius 2 is 2.21 bits per heavy atom. The molecular weight excluding hydrogens is 328 g/mol. The minimum atomic E-state index is -1.19. The van der Waals surface area contributed by atoms with Gasteiger partial charge in [-0.15, -0.1) is 16.4 Å². The van der Waals surface area contributed by atoms with E-state index in [2.05, 4.69) is 22.6 Å². The summed E-state index contributed by atoms with van der Waals surface area (Å²) in [6.45, 7) is 2.64. The standard InChI is InChI=1S/C16H20N4O3S/c1-11-4-6-16(7-5-11,15(22)23)17-14(21)13-10-20(19-18-13)9-12-3-2-8-24-12/h2-3,8,10-11H,4-7,9H2,1H3,(H,17,21)(H,22,23). The molecule has 24 heavy (non-hydrogen) atoms. The third-order valence-corrected chi connectivity index (χ3v) is 5.42. The summed E-state index contributed by atoms with van der Waals surface area (Å²) in [7, 11) is 0. The highest BCUT2D eigenvalue weighted by Crippen LogP contribution is 2.32. The first-order valence-corrected chi connectivity index (χ1v) is 8.85. The van der Waals surface area contributed by atoms with Gasteiger partial charge in [0.2, 0.25) is 0 Å². The molecule has 1 amide bonds. The van der Waals surface area contributed by atoms with Gasteiger partial charge in [-0.1, -0.05) is 18.2 Å². The van der Waals surface area contributed by atoms with Gasteiger partial charge >= 0.3 is 5.97 Å². The molecular formula is C16H20N4O3S. The largest absolute Gasteiger partial charge is 0.480 e. The summed E-state index contributed by atoms with van der Waals surface area (Å²) in [6.07, 6.45) is 4.02. The van der Waals surface area contributed by atoms with Gasteiger partial charge in [-0.3, -0.25) is 4.79 Å². The molecule has 128 valence electrons. The van der Waals surface area contributed by atoms with Crippen LogP contribution < -0.4 is 5.32 Å². The zero-order valence-corrected chi connectivity index (χ0v) is 14.3. The molecule has 7 nitrogen and oxygen atoms in total. The maximum absolute atomic E-state index is 12.4. The van der Waals surface area contributed by atoms with E-state index in [1.807, 2.05) is 17.5 Å². The van der Waals surface area contributed by atoms with Gasteiger partial charge in [0.25, 0.3) is 5.91 Å². The maximum atomic E-state index is 12.4. The summed E-state index contributed by atoms with van der Waals surface area (Å²) >= 11 is 1.60. The summed E-state index contributed by atoms with van der Waals surface area (Å²) in [4.78, 5) is 25.3. The number of thiophene rings is 1. The molecule has 1 fully saturated rings. The number of hydrogen-bond acceptors (Lipinski definition) is 5. The zero-order valence-electron chi connectivity index (χ0n) is 13.4. The molecule has 0 saturated heterocycles. The minimum Gasteiger partial charge on any atom is -0.480 e. The van der Waals surface area contributed by atoms with Gasteiger partial charge in [0, 0.05) is 4.88 Å². The SMILES string of the molecule is CC1CCC(NC(=O)c2cn(Cc3cccs3)nn2)(C(=O)O)CC1. The number of aromatic nitrogens is 3. The number of nitrogens with zero attached hydrogens (tertiary/aromatic N) is 3. The molecule has 0 aliphatic heterocycles. The number of carboxylic acid groups (broad SMARTS) is 1. The fourth-order valence-corrected chi connectivity index (χ4v) is 3.67. The summed E-state index contributed by atoms with van der Waals surface area (Å²) < 4.78 is 1.58.